The Bertz CT molecular complexity index is 95.1. The molecular weight excluding hydrogens is 134 g/mol. The van der Waals surface area contributed by atoms with Crippen LogP contribution in [0.4, 0.5) is 0 Å². The van der Waals surface area contributed by atoms with Crippen LogP contribution in [0.25, 0.3) is 0 Å². The molecule has 0 aromatic heterocycles. The van der Waals surface area contributed by atoms with Crippen molar-refractivity contribution < 1.29 is 4.74 Å². The molecule has 0 fully saturated rings. The highest BCUT2D eigenvalue weighted by atomic mass is 32.1. The summed E-state index contributed by atoms with van der Waals surface area (Å²) in [5.41, 5.74) is 5.33. The van der Waals surface area contributed by atoms with Gasteiger partial charge < -0.3 is 10.5 Å². The highest BCUT2D eigenvalue weighted by Gasteiger charge is 2.02. The number of rotatable bonds is 4. The number of ether oxygens (including phenoxy) is 1. The molecule has 9 heavy (non-hydrogen) atoms. The molecule has 3 heteroatoms. The van der Waals surface area contributed by atoms with Gasteiger partial charge in [0.15, 0.2) is 0 Å². The second-order valence-corrected chi connectivity index (χ2v) is 2.43. The van der Waals surface area contributed by atoms with Crippen molar-refractivity contribution in [3.8, 4) is 0 Å². The van der Waals surface area contributed by atoms with Gasteiger partial charge in [0.25, 0.3) is 0 Å². The van der Waals surface area contributed by atoms with E-state index in [9.17, 15) is 0 Å². The van der Waals surface area contributed by atoms with E-state index in [2.05, 4.69) is 0 Å². The second kappa shape index (κ2) is 4.70. The molecule has 0 aliphatic carbocycles. The molecular formula is C6H13NOS. The SMILES string of the molecule is CCOCC(C)C(N)=S. The van der Waals surface area contributed by atoms with Crippen LogP contribution >= 0.6 is 12.2 Å². The smallest absolute Gasteiger partial charge is 0.0779 e. The van der Waals surface area contributed by atoms with Gasteiger partial charge in [-0.25, -0.2) is 0 Å². The lowest BCUT2D eigenvalue weighted by Crippen LogP contribution is -2.22. The Morgan fingerprint density at radius 2 is 2.33 bits per heavy atom. The molecule has 0 aliphatic heterocycles. The van der Waals surface area contributed by atoms with Crippen LogP contribution in [0.5, 0.6) is 0 Å². The van der Waals surface area contributed by atoms with Gasteiger partial charge in [0.2, 0.25) is 0 Å². The first-order valence-corrected chi connectivity index (χ1v) is 3.46. The first kappa shape index (κ1) is 8.85. The molecule has 54 valence electrons. The third-order valence-electron chi connectivity index (χ3n) is 1.06. The molecule has 0 radical (unpaired) electrons. The fourth-order valence-electron chi connectivity index (χ4n) is 0.377. The molecule has 0 bridgehead atoms. The maximum Gasteiger partial charge on any atom is 0.0779 e. The molecule has 0 spiro atoms. The van der Waals surface area contributed by atoms with Gasteiger partial charge in [0.05, 0.1) is 11.6 Å². The lowest BCUT2D eigenvalue weighted by Gasteiger charge is -2.07. The van der Waals surface area contributed by atoms with Crippen LogP contribution in [0.2, 0.25) is 0 Å². The van der Waals surface area contributed by atoms with Crippen LogP contribution in [0.15, 0.2) is 0 Å². The molecule has 0 rings (SSSR count). The zero-order chi connectivity index (χ0) is 7.28. The summed E-state index contributed by atoms with van der Waals surface area (Å²) in [6, 6.07) is 0. The van der Waals surface area contributed by atoms with Crippen molar-refractivity contribution in [2.24, 2.45) is 11.7 Å². The first-order valence-electron chi connectivity index (χ1n) is 3.05. The summed E-state index contributed by atoms with van der Waals surface area (Å²) in [7, 11) is 0. The minimum Gasteiger partial charge on any atom is -0.393 e. The number of hydrogen-bond donors (Lipinski definition) is 1. The van der Waals surface area contributed by atoms with E-state index in [1.807, 2.05) is 13.8 Å². The van der Waals surface area contributed by atoms with E-state index in [1.54, 1.807) is 0 Å². The number of nitrogens with two attached hydrogens (primary N) is 1. The zero-order valence-electron chi connectivity index (χ0n) is 5.89. The summed E-state index contributed by atoms with van der Waals surface area (Å²) >= 11 is 4.73. The Morgan fingerprint density at radius 1 is 1.78 bits per heavy atom. The monoisotopic (exact) mass is 147 g/mol. The molecule has 0 aromatic carbocycles. The molecule has 0 heterocycles. The Kier molecular flexibility index (Phi) is 4.62. The van der Waals surface area contributed by atoms with E-state index in [0.29, 0.717) is 11.6 Å². The summed E-state index contributed by atoms with van der Waals surface area (Å²) in [5.74, 6) is 0.208. The molecule has 0 saturated heterocycles. The predicted octanol–water partition coefficient (Wildman–Crippen LogP) is 0.945. The van der Waals surface area contributed by atoms with Crippen LogP contribution in [0.3, 0.4) is 0 Å². The average Bonchev–Trinajstić information content (AvgIpc) is 1.82. The van der Waals surface area contributed by atoms with Crippen molar-refractivity contribution >= 4 is 17.2 Å². The average molecular weight is 147 g/mol. The van der Waals surface area contributed by atoms with Crippen molar-refractivity contribution in [3.05, 3.63) is 0 Å². The lowest BCUT2D eigenvalue weighted by atomic mass is 10.2. The highest BCUT2D eigenvalue weighted by molar-refractivity contribution is 7.80. The van der Waals surface area contributed by atoms with Crippen LogP contribution in [-0.2, 0) is 4.74 Å². The largest absolute Gasteiger partial charge is 0.393 e. The van der Waals surface area contributed by atoms with Gasteiger partial charge in [-0.05, 0) is 6.92 Å². The maximum atomic E-state index is 5.33. The Hall–Kier alpha value is -0.150. The molecule has 2 nitrogen and oxygen atoms in total. The quantitative estimate of drug-likeness (QED) is 0.601. The van der Waals surface area contributed by atoms with Gasteiger partial charge in [-0.15, -0.1) is 0 Å². The highest BCUT2D eigenvalue weighted by Crippen LogP contribution is 1.94. The number of hydrogen-bond acceptors (Lipinski definition) is 2. The van der Waals surface area contributed by atoms with E-state index in [0.717, 1.165) is 6.61 Å². The normalized spacial score (nSPS) is 13.1. The van der Waals surface area contributed by atoms with Gasteiger partial charge in [-0.2, -0.15) is 0 Å². The van der Waals surface area contributed by atoms with E-state index in [4.69, 9.17) is 22.7 Å². The van der Waals surface area contributed by atoms with Gasteiger partial charge >= 0.3 is 0 Å². The third-order valence-corrected chi connectivity index (χ3v) is 1.46. The van der Waals surface area contributed by atoms with E-state index < -0.39 is 0 Å². The Labute approximate surface area is 61.4 Å². The lowest BCUT2D eigenvalue weighted by molar-refractivity contribution is 0.134. The second-order valence-electron chi connectivity index (χ2n) is 1.96. The molecule has 2 N–H and O–H groups in total. The van der Waals surface area contributed by atoms with Crippen LogP contribution in [0.1, 0.15) is 13.8 Å². The molecule has 0 aromatic rings. The molecule has 1 unspecified atom stereocenters. The van der Waals surface area contributed by atoms with Gasteiger partial charge in [0.1, 0.15) is 0 Å². The van der Waals surface area contributed by atoms with E-state index in [-0.39, 0.29) is 5.92 Å². The predicted molar refractivity (Wildman–Crippen MR) is 42.4 cm³/mol. The van der Waals surface area contributed by atoms with Gasteiger partial charge in [-0.1, -0.05) is 19.1 Å². The molecule has 0 amide bonds. The fourth-order valence-corrected chi connectivity index (χ4v) is 0.445. The van der Waals surface area contributed by atoms with Crippen LogP contribution < -0.4 is 5.73 Å². The van der Waals surface area contributed by atoms with Gasteiger partial charge in [0, 0.05) is 12.5 Å². The number of thiocarbonyl (C=S) groups is 1. The molecule has 0 saturated carbocycles. The Balaban J connectivity index is 3.27. The first-order chi connectivity index (χ1) is 4.18. The minimum absolute atomic E-state index is 0.208. The van der Waals surface area contributed by atoms with E-state index >= 15 is 0 Å². The zero-order valence-corrected chi connectivity index (χ0v) is 6.70. The summed E-state index contributed by atoms with van der Waals surface area (Å²) in [6.07, 6.45) is 0. The van der Waals surface area contributed by atoms with Crippen molar-refractivity contribution in [3.63, 3.8) is 0 Å². The summed E-state index contributed by atoms with van der Waals surface area (Å²) in [5, 5.41) is 0. The van der Waals surface area contributed by atoms with Crippen molar-refractivity contribution in [2.45, 2.75) is 13.8 Å². The van der Waals surface area contributed by atoms with Gasteiger partial charge in [-0.3, -0.25) is 0 Å². The topological polar surface area (TPSA) is 35.2 Å². The Morgan fingerprint density at radius 3 is 2.67 bits per heavy atom. The van der Waals surface area contributed by atoms with Crippen molar-refractivity contribution in [2.75, 3.05) is 13.2 Å². The summed E-state index contributed by atoms with van der Waals surface area (Å²) in [6.45, 7) is 5.28. The van der Waals surface area contributed by atoms with Crippen molar-refractivity contribution in [1.82, 2.24) is 0 Å². The fraction of sp³-hybridized carbons (Fsp3) is 0.833. The summed E-state index contributed by atoms with van der Waals surface area (Å²) in [4.78, 5) is 0.531. The summed E-state index contributed by atoms with van der Waals surface area (Å²) < 4.78 is 5.09. The van der Waals surface area contributed by atoms with Crippen molar-refractivity contribution in [1.29, 1.82) is 0 Å². The molecule has 1 atom stereocenters. The molecule has 0 aliphatic rings. The minimum atomic E-state index is 0.208. The maximum absolute atomic E-state index is 5.33. The standard InChI is InChI=1S/C6H13NOS/c1-3-8-4-5(2)6(7)9/h5H,3-4H2,1-2H3,(H2,7,9). The third kappa shape index (κ3) is 4.36. The van der Waals surface area contributed by atoms with Crippen LogP contribution in [0, 0.1) is 5.92 Å². The van der Waals surface area contributed by atoms with Crippen LogP contribution in [-0.4, -0.2) is 18.2 Å². The van der Waals surface area contributed by atoms with E-state index in [1.165, 1.54) is 0 Å².